The van der Waals surface area contributed by atoms with Crippen LogP contribution in [-0.2, 0) is 9.47 Å². The normalized spacial score (nSPS) is 22.7. The summed E-state index contributed by atoms with van der Waals surface area (Å²) in [7, 11) is 1.71. The number of anilines is 2. The summed E-state index contributed by atoms with van der Waals surface area (Å²) in [6.07, 6.45) is 5.74. The van der Waals surface area contributed by atoms with Gasteiger partial charge in [-0.3, -0.25) is 0 Å². The molecule has 1 saturated carbocycles. The summed E-state index contributed by atoms with van der Waals surface area (Å²) >= 11 is 0. The van der Waals surface area contributed by atoms with Gasteiger partial charge in [0.2, 0.25) is 0 Å². The number of alkyl halides is 1. The fourth-order valence-electron chi connectivity index (χ4n) is 5.05. The van der Waals surface area contributed by atoms with E-state index in [0.717, 1.165) is 25.7 Å². The molecule has 0 amide bonds. The molecule has 1 aromatic carbocycles. The van der Waals surface area contributed by atoms with Crippen LogP contribution in [-0.4, -0.2) is 62.3 Å². The maximum Gasteiger partial charge on any atom is 0.149 e. The van der Waals surface area contributed by atoms with E-state index in [9.17, 15) is 13.2 Å². The van der Waals surface area contributed by atoms with E-state index in [2.05, 4.69) is 27.9 Å². The number of nitrogens with zero attached hydrogens (tertiary/aromatic N) is 1. The minimum Gasteiger partial charge on any atom is -0.383 e. The van der Waals surface area contributed by atoms with E-state index in [1.165, 1.54) is 24.4 Å². The second-order valence-corrected chi connectivity index (χ2v) is 10.1. The summed E-state index contributed by atoms with van der Waals surface area (Å²) in [5, 5.41) is 9.92. The first-order chi connectivity index (χ1) is 17.3. The minimum atomic E-state index is -1.45. The third-order valence-electron chi connectivity index (χ3n) is 7.13. The van der Waals surface area contributed by atoms with Crippen LogP contribution in [0.1, 0.15) is 45.4 Å². The second kappa shape index (κ2) is 12.3. The van der Waals surface area contributed by atoms with Crippen LogP contribution in [0.5, 0.6) is 0 Å². The van der Waals surface area contributed by atoms with Crippen LogP contribution < -0.4 is 16.0 Å². The van der Waals surface area contributed by atoms with Crippen molar-refractivity contribution >= 4 is 11.5 Å². The molecule has 3 N–H and O–H groups in total. The lowest BCUT2D eigenvalue weighted by atomic mass is 9.90. The number of hydrogen-bond acceptors (Lipinski definition) is 6. The van der Waals surface area contributed by atoms with Gasteiger partial charge in [-0.2, -0.15) is 0 Å². The minimum absolute atomic E-state index is 0.0237. The van der Waals surface area contributed by atoms with Gasteiger partial charge in [0, 0.05) is 63.4 Å². The van der Waals surface area contributed by atoms with Crippen LogP contribution in [0.2, 0.25) is 0 Å². The lowest BCUT2D eigenvalue weighted by Crippen LogP contribution is -2.42. The summed E-state index contributed by atoms with van der Waals surface area (Å²) in [5.41, 5.74) is -0.479. The number of benzene rings is 1. The second-order valence-electron chi connectivity index (χ2n) is 10.1. The molecule has 0 bridgehead atoms. The van der Waals surface area contributed by atoms with E-state index >= 15 is 0 Å². The molecule has 198 valence electrons. The predicted octanol–water partition coefficient (Wildman–Crippen LogP) is 5.31. The van der Waals surface area contributed by atoms with Gasteiger partial charge >= 0.3 is 0 Å². The van der Waals surface area contributed by atoms with Gasteiger partial charge in [-0.15, -0.1) is 0 Å². The van der Waals surface area contributed by atoms with Crippen molar-refractivity contribution in [3.8, 4) is 11.1 Å². The zero-order chi connectivity index (χ0) is 25.5. The molecule has 2 aromatic rings. The van der Waals surface area contributed by atoms with Crippen molar-refractivity contribution in [2.24, 2.45) is 0 Å². The third kappa shape index (κ3) is 7.11. The number of rotatable bonds is 10. The van der Waals surface area contributed by atoms with Gasteiger partial charge in [0.1, 0.15) is 23.1 Å². The average Bonchev–Trinajstić information content (AvgIpc) is 2.87. The van der Waals surface area contributed by atoms with E-state index in [-0.39, 0.29) is 31.1 Å². The molecule has 1 aliphatic carbocycles. The van der Waals surface area contributed by atoms with Gasteiger partial charge in [0.15, 0.2) is 0 Å². The molecule has 1 aliphatic heterocycles. The standard InChI is InChI=1S/C27H37F3N4O2/c1-18(16-35-2)33-20-4-6-21(7-5-20)34-26-14-22(24(29)15-31-26)19-3-8-23(28)25(13-19)32-17-27(30)9-11-36-12-10-27/h3,8,13-15,18,20-21,32-33H,4-7,9-12,16-17H2,1-2H3,(H,31,34). The highest BCUT2D eigenvalue weighted by Crippen LogP contribution is 2.31. The van der Waals surface area contributed by atoms with E-state index in [4.69, 9.17) is 9.47 Å². The number of pyridine rings is 1. The van der Waals surface area contributed by atoms with Gasteiger partial charge in [0.25, 0.3) is 0 Å². The SMILES string of the molecule is COCC(C)NC1CCC(Nc2cc(-c3ccc(F)c(NCC4(F)CCOCC4)c3)c(F)cn2)CC1. The lowest BCUT2D eigenvalue weighted by molar-refractivity contribution is -0.00117. The van der Waals surface area contributed by atoms with Gasteiger partial charge in [0.05, 0.1) is 18.5 Å². The van der Waals surface area contributed by atoms with Crippen molar-refractivity contribution in [3.05, 3.63) is 42.1 Å². The first kappa shape index (κ1) is 26.7. The van der Waals surface area contributed by atoms with Crippen molar-refractivity contribution in [1.29, 1.82) is 0 Å². The van der Waals surface area contributed by atoms with Crippen molar-refractivity contribution < 1.29 is 22.6 Å². The molecule has 1 atom stereocenters. The van der Waals surface area contributed by atoms with Crippen LogP contribution in [0.4, 0.5) is 24.7 Å². The Morgan fingerprint density at radius 1 is 1.08 bits per heavy atom. The van der Waals surface area contributed by atoms with Crippen LogP contribution >= 0.6 is 0 Å². The smallest absolute Gasteiger partial charge is 0.149 e. The van der Waals surface area contributed by atoms with E-state index in [1.54, 1.807) is 13.2 Å². The summed E-state index contributed by atoms with van der Waals surface area (Å²) in [6.45, 7) is 3.48. The number of ether oxygens (including phenoxy) is 2. The molecule has 2 aliphatic rings. The Bertz CT molecular complexity index is 995. The molecule has 1 aromatic heterocycles. The number of nitrogens with one attached hydrogen (secondary N) is 3. The maximum atomic E-state index is 14.9. The Morgan fingerprint density at radius 3 is 2.53 bits per heavy atom. The molecule has 1 saturated heterocycles. The molecule has 6 nitrogen and oxygen atoms in total. The zero-order valence-electron chi connectivity index (χ0n) is 21.1. The fourth-order valence-corrected chi connectivity index (χ4v) is 5.05. The van der Waals surface area contributed by atoms with Gasteiger partial charge in [-0.25, -0.2) is 18.2 Å². The fraction of sp³-hybridized carbons (Fsp3) is 0.593. The third-order valence-corrected chi connectivity index (χ3v) is 7.13. The van der Waals surface area contributed by atoms with Gasteiger partial charge in [-0.1, -0.05) is 6.07 Å². The van der Waals surface area contributed by atoms with Crippen molar-refractivity contribution in [2.45, 2.75) is 69.2 Å². The van der Waals surface area contributed by atoms with Crippen LogP contribution in [0.15, 0.2) is 30.5 Å². The van der Waals surface area contributed by atoms with Crippen LogP contribution in [0, 0.1) is 11.6 Å². The van der Waals surface area contributed by atoms with Gasteiger partial charge in [-0.05, 0) is 56.4 Å². The van der Waals surface area contributed by atoms with Crippen molar-refractivity contribution in [2.75, 3.05) is 44.1 Å². The maximum absolute atomic E-state index is 14.9. The molecule has 0 spiro atoms. The largest absolute Gasteiger partial charge is 0.383 e. The number of aromatic nitrogens is 1. The summed E-state index contributed by atoms with van der Waals surface area (Å²) in [4.78, 5) is 4.23. The van der Waals surface area contributed by atoms with E-state index in [1.807, 2.05) is 0 Å². The number of methoxy groups -OCH3 is 1. The highest BCUT2D eigenvalue weighted by atomic mass is 19.1. The lowest BCUT2D eigenvalue weighted by Gasteiger charge is -2.32. The highest BCUT2D eigenvalue weighted by molar-refractivity contribution is 5.71. The molecule has 0 radical (unpaired) electrons. The molecule has 2 fully saturated rings. The molecular weight excluding hydrogens is 469 g/mol. The molecular formula is C27H37F3N4O2. The summed E-state index contributed by atoms with van der Waals surface area (Å²) in [5.74, 6) is -0.420. The molecule has 4 rings (SSSR count). The average molecular weight is 507 g/mol. The Balaban J connectivity index is 1.39. The Morgan fingerprint density at radius 2 is 1.81 bits per heavy atom. The van der Waals surface area contributed by atoms with Crippen molar-refractivity contribution in [3.63, 3.8) is 0 Å². The number of halogens is 3. The van der Waals surface area contributed by atoms with Crippen molar-refractivity contribution in [1.82, 2.24) is 10.3 Å². The monoisotopic (exact) mass is 506 g/mol. The molecule has 9 heteroatoms. The van der Waals surface area contributed by atoms with Crippen LogP contribution in [0.3, 0.4) is 0 Å². The van der Waals surface area contributed by atoms with Gasteiger partial charge < -0.3 is 25.4 Å². The topological polar surface area (TPSA) is 67.4 Å². The first-order valence-corrected chi connectivity index (χ1v) is 12.8. The Labute approximate surface area is 211 Å². The highest BCUT2D eigenvalue weighted by Gasteiger charge is 2.32. The Kier molecular flexibility index (Phi) is 9.09. The Hall–Kier alpha value is -2.36. The zero-order valence-corrected chi connectivity index (χ0v) is 21.1. The predicted molar refractivity (Wildman–Crippen MR) is 136 cm³/mol. The molecule has 1 unspecified atom stereocenters. The number of hydrogen-bond donors (Lipinski definition) is 3. The van der Waals surface area contributed by atoms with Crippen LogP contribution in [0.25, 0.3) is 11.1 Å². The molecule has 36 heavy (non-hydrogen) atoms. The molecule has 2 heterocycles. The quantitative estimate of drug-likeness (QED) is 0.406. The van der Waals surface area contributed by atoms with E-state index in [0.29, 0.717) is 48.8 Å². The first-order valence-electron chi connectivity index (χ1n) is 12.8. The summed E-state index contributed by atoms with van der Waals surface area (Å²) < 4.78 is 54.6. The summed E-state index contributed by atoms with van der Waals surface area (Å²) in [6, 6.07) is 7.01. The van der Waals surface area contributed by atoms with E-state index < -0.39 is 17.3 Å².